The molecule has 34 heavy (non-hydrogen) atoms. The molecule has 2 N–H and O–H groups in total. The molecule has 1 aromatic carbocycles. The van der Waals surface area contributed by atoms with E-state index < -0.39 is 47.6 Å². The second-order valence-corrected chi connectivity index (χ2v) is 9.87. The number of methoxy groups -OCH3 is 1. The normalized spacial score (nSPS) is 14.8. The number of ether oxygens (including phenoxy) is 2. The van der Waals surface area contributed by atoms with Crippen molar-refractivity contribution in [3.05, 3.63) is 42.2 Å². The molecule has 7 nitrogen and oxygen atoms in total. The van der Waals surface area contributed by atoms with Gasteiger partial charge >= 0.3 is 18.2 Å². The van der Waals surface area contributed by atoms with E-state index in [1.54, 1.807) is 45.0 Å². The predicted octanol–water partition coefficient (Wildman–Crippen LogP) is 4.56. The van der Waals surface area contributed by atoms with Crippen LogP contribution in [0, 0.1) is 0 Å². The Morgan fingerprint density at radius 1 is 1.15 bits per heavy atom. The standard InChI is InChI=1S/C23H29F3N2O5S/c1-21(2,3)33-20(30)28-17(19(29)32-4)9-11-34-12-10-22(31,23(24,25)26)18-13-15-7-5-6-8-16(15)14-27-18/h5-8,13-14,17,31H,9-12H2,1-4H3,(H,28,30)/t17-,22?/m0/s1. The molecular formula is C23H29F3N2O5S. The topological polar surface area (TPSA) is 97.8 Å². The Morgan fingerprint density at radius 3 is 2.38 bits per heavy atom. The summed E-state index contributed by atoms with van der Waals surface area (Å²) in [5, 5.41) is 14.2. The summed E-state index contributed by atoms with van der Waals surface area (Å²) in [7, 11) is 1.17. The van der Waals surface area contributed by atoms with Crippen LogP contribution in [0.3, 0.4) is 0 Å². The molecule has 0 saturated heterocycles. The molecule has 0 fully saturated rings. The minimum atomic E-state index is -4.93. The predicted molar refractivity (Wildman–Crippen MR) is 123 cm³/mol. The van der Waals surface area contributed by atoms with E-state index in [1.165, 1.54) is 19.4 Å². The van der Waals surface area contributed by atoms with Crippen LogP contribution in [0.25, 0.3) is 10.8 Å². The van der Waals surface area contributed by atoms with Crippen LogP contribution < -0.4 is 5.32 Å². The first-order chi connectivity index (χ1) is 15.8. The van der Waals surface area contributed by atoms with Gasteiger partial charge in [-0.2, -0.15) is 24.9 Å². The summed E-state index contributed by atoms with van der Waals surface area (Å²) in [5.41, 5.74) is -4.36. The van der Waals surface area contributed by atoms with Crippen molar-refractivity contribution in [2.24, 2.45) is 0 Å². The summed E-state index contributed by atoms with van der Waals surface area (Å²) < 4.78 is 51.3. The van der Waals surface area contributed by atoms with E-state index in [1.807, 2.05) is 0 Å². The Morgan fingerprint density at radius 2 is 1.79 bits per heavy atom. The van der Waals surface area contributed by atoms with Crippen LogP contribution in [0.5, 0.6) is 0 Å². The lowest BCUT2D eigenvalue weighted by Gasteiger charge is -2.30. The number of pyridine rings is 1. The van der Waals surface area contributed by atoms with Crippen molar-refractivity contribution >= 4 is 34.6 Å². The number of nitrogens with one attached hydrogen (secondary N) is 1. The minimum Gasteiger partial charge on any atom is -0.467 e. The highest BCUT2D eigenvalue weighted by atomic mass is 32.2. The number of benzene rings is 1. The lowest BCUT2D eigenvalue weighted by atomic mass is 9.94. The maximum atomic E-state index is 13.8. The largest absolute Gasteiger partial charge is 0.467 e. The number of alkyl halides is 3. The van der Waals surface area contributed by atoms with Gasteiger partial charge in [-0.3, -0.25) is 4.98 Å². The van der Waals surface area contributed by atoms with E-state index in [0.717, 1.165) is 11.8 Å². The van der Waals surface area contributed by atoms with Gasteiger partial charge in [-0.1, -0.05) is 24.3 Å². The van der Waals surface area contributed by atoms with Gasteiger partial charge in [0.05, 0.1) is 12.8 Å². The average molecular weight is 503 g/mol. The Labute approximate surface area is 200 Å². The van der Waals surface area contributed by atoms with E-state index in [9.17, 15) is 27.9 Å². The zero-order chi connectivity index (χ0) is 25.6. The molecule has 2 rings (SSSR count). The van der Waals surface area contributed by atoms with Gasteiger partial charge in [0.1, 0.15) is 11.6 Å². The molecule has 0 saturated carbocycles. The van der Waals surface area contributed by atoms with Crippen LogP contribution in [-0.2, 0) is 19.9 Å². The summed E-state index contributed by atoms with van der Waals surface area (Å²) in [6.07, 6.45) is -4.96. The first-order valence-electron chi connectivity index (χ1n) is 10.6. The second kappa shape index (κ2) is 11.3. The number of carbonyl (C=O) groups excluding carboxylic acids is 2. The van der Waals surface area contributed by atoms with Gasteiger partial charge in [0.15, 0.2) is 0 Å². The number of hydrogen-bond donors (Lipinski definition) is 2. The van der Waals surface area contributed by atoms with E-state index in [4.69, 9.17) is 4.74 Å². The maximum absolute atomic E-state index is 13.8. The molecule has 2 aromatic rings. The van der Waals surface area contributed by atoms with Gasteiger partial charge in [0.2, 0.25) is 5.60 Å². The molecule has 1 aromatic heterocycles. The fraction of sp³-hybridized carbons (Fsp3) is 0.522. The highest BCUT2D eigenvalue weighted by Crippen LogP contribution is 2.42. The van der Waals surface area contributed by atoms with Gasteiger partial charge in [0.25, 0.3) is 0 Å². The Bertz CT molecular complexity index is 996. The van der Waals surface area contributed by atoms with Gasteiger partial charge in [-0.25, -0.2) is 9.59 Å². The van der Waals surface area contributed by atoms with Crippen LogP contribution in [0.2, 0.25) is 0 Å². The number of nitrogens with zero attached hydrogens (tertiary/aromatic N) is 1. The number of fused-ring (bicyclic) bond motifs is 1. The van der Waals surface area contributed by atoms with Crippen LogP contribution in [0.15, 0.2) is 36.5 Å². The van der Waals surface area contributed by atoms with E-state index in [-0.39, 0.29) is 17.9 Å². The lowest BCUT2D eigenvalue weighted by Crippen LogP contribution is -2.44. The molecule has 1 amide bonds. The second-order valence-electron chi connectivity index (χ2n) is 8.65. The van der Waals surface area contributed by atoms with Crippen molar-refractivity contribution in [3.8, 4) is 0 Å². The monoisotopic (exact) mass is 502 g/mol. The fourth-order valence-electron chi connectivity index (χ4n) is 3.09. The van der Waals surface area contributed by atoms with E-state index in [0.29, 0.717) is 10.8 Å². The summed E-state index contributed by atoms with van der Waals surface area (Å²) >= 11 is 1.10. The van der Waals surface area contributed by atoms with Crippen molar-refractivity contribution < 1.29 is 37.3 Å². The molecule has 0 aliphatic heterocycles. The quantitative estimate of drug-likeness (QED) is 0.383. The third-order valence-electron chi connectivity index (χ3n) is 4.86. The third kappa shape index (κ3) is 7.49. The SMILES string of the molecule is COC(=O)[C@H](CCSCCC(O)(c1cc2ccccc2cn1)C(F)(F)F)NC(=O)OC(C)(C)C. The van der Waals surface area contributed by atoms with Crippen molar-refractivity contribution in [2.75, 3.05) is 18.6 Å². The lowest BCUT2D eigenvalue weighted by molar-refractivity contribution is -0.268. The molecule has 0 aliphatic rings. The zero-order valence-corrected chi connectivity index (χ0v) is 20.3. The molecule has 0 radical (unpaired) electrons. The Hall–Kier alpha value is -2.53. The smallest absolute Gasteiger partial charge is 0.423 e. The molecule has 0 bridgehead atoms. The number of rotatable bonds is 9. The van der Waals surface area contributed by atoms with Crippen molar-refractivity contribution in [1.82, 2.24) is 10.3 Å². The van der Waals surface area contributed by atoms with Crippen LogP contribution >= 0.6 is 11.8 Å². The van der Waals surface area contributed by atoms with Gasteiger partial charge in [0, 0.05) is 11.6 Å². The van der Waals surface area contributed by atoms with E-state index >= 15 is 0 Å². The molecule has 1 heterocycles. The molecule has 0 aliphatic carbocycles. The van der Waals surface area contributed by atoms with Gasteiger partial charge in [-0.15, -0.1) is 0 Å². The first-order valence-corrected chi connectivity index (χ1v) is 11.7. The summed E-state index contributed by atoms with van der Waals surface area (Å²) in [4.78, 5) is 27.8. The average Bonchev–Trinajstić information content (AvgIpc) is 2.74. The summed E-state index contributed by atoms with van der Waals surface area (Å²) in [5.74, 6) is -0.530. The first kappa shape index (κ1) is 27.7. The number of amides is 1. The minimum absolute atomic E-state index is 0.0646. The van der Waals surface area contributed by atoms with Crippen molar-refractivity contribution in [3.63, 3.8) is 0 Å². The summed E-state index contributed by atoms with van der Waals surface area (Å²) in [6.45, 7) is 5.01. The number of carbonyl (C=O) groups is 2. The highest BCUT2D eigenvalue weighted by molar-refractivity contribution is 7.99. The zero-order valence-electron chi connectivity index (χ0n) is 19.4. The fourth-order valence-corrected chi connectivity index (χ4v) is 4.14. The number of aliphatic hydroxyl groups is 1. The molecule has 0 spiro atoms. The van der Waals surface area contributed by atoms with Gasteiger partial charge in [-0.05, 0) is 56.6 Å². The third-order valence-corrected chi connectivity index (χ3v) is 5.88. The molecule has 188 valence electrons. The summed E-state index contributed by atoms with van der Waals surface area (Å²) in [6, 6.07) is 7.03. The number of alkyl carbamates (subject to hydrolysis) is 1. The number of hydrogen-bond acceptors (Lipinski definition) is 7. The van der Waals surface area contributed by atoms with Gasteiger partial charge < -0.3 is 19.9 Å². The van der Waals surface area contributed by atoms with Crippen LogP contribution in [-0.4, -0.2) is 58.6 Å². The number of aromatic nitrogens is 1. The molecule has 2 atom stereocenters. The Balaban J connectivity index is 2.00. The molecule has 11 heteroatoms. The number of thioether (sulfide) groups is 1. The number of halogens is 3. The van der Waals surface area contributed by atoms with Crippen molar-refractivity contribution in [1.29, 1.82) is 0 Å². The van der Waals surface area contributed by atoms with Crippen molar-refractivity contribution in [2.45, 2.75) is 57.0 Å². The molecular weight excluding hydrogens is 473 g/mol. The molecule has 1 unspecified atom stereocenters. The Kier molecular flexibility index (Phi) is 9.18. The maximum Gasteiger partial charge on any atom is 0.423 e. The number of esters is 1. The van der Waals surface area contributed by atoms with E-state index in [2.05, 4.69) is 15.0 Å². The highest BCUT2D eigenvalue weighted by Gasteiger charge is 2.55. The van der Waals surface area contributed by atoms with Crippen LogP contribution in [0.4, 0.5) is 18.0 Å². The van der Waals surface area contributed by atoms with Crippen LogP contribution in [0.1, 0.15) is 39.3 Å².